The third-order valence-corrected chi connectivity index (χ3v) is 2.90. The van der Waals surface area contributed by atoms with E-state index in [1.165, 1.54) is 0 Å². The van der Waals surface area contributed by atoms with Crippen LogP contribution in [0.2, 0.25) is 0 Å². The Morgan fingerprint density at radius 2 is 1.84 bits per heavy atom. The van der Waals surface area contributed by atoms with Gasteiger partial charge in [-0.1, -0.05) is 0 Å². The molecule has 0 amide bonds. The Balaban J connectivity index is 2.53. The van der Waals surface area contributed by atoms with Crippen molar-refractivity contribution in [1.29, 1.82) is 0 Å². The first-order valence-corrected chi connectivity index (χ1v) is 5.94. The van der Waals surface area contributed by atoms with Crippen molar-refractivity contribution in [3.8, 4) is 22.8 Å². The topological polar surface area (TPSA) is 56.3 Å². The second kappa shape index (κ2) is 5.56. The molecule has 0 spiro atoms. The Kier molecular flexibility index (Phi) is 3.85. The van der Waals surface area contributed by atoms with Gasteiger partial charge in [-0.2, -0.15) is 0 Å². The molecule has 2 aromatic rings. The van der Waals surface area contributed by atoms with Crippen LogP contribution >= 0.6 is 0 Å². The van der Waals surface area contributed by atoms with Crippen LogP contribution in [0.4, 0.5) is 5.82 Å². The highest BCUT2D eigenvalue weighted by atomic mass is 16.5. The number of hydrogen-bond acceptors (Lipinski definition) is 5. The van der Waals surface area contributed by atoms with Crippen LogP contribution in [0.25, 0.3) is 11.3 Å². The molecule has 0 bridgehead atoms. The smallest absolute Gasteiger partial charge is 0.151 e. The lowest BCUT2D eigenvalue weighted by Gasteiger charge is -2.11. The molecule has 0 aliphatic carbocycles. The monoisotopic (exact) mass is 259 g/mol. The Labute approximate surface area is 112 Å². The van der Waals surface area contributed by atoms with E-state index in [4.69, 9.17) is 9.47 Å². The highest BCUT2D eigenvalue weighted by Crippen LogP contribution is 2.32. The van der Waals surface area contributed by atoms with Gasteiger partial charge in [-0.05, 0) is 36.8 Å². The Morgan fingerprint density at radius 1 is 1.05 bits per heavy atom. The molecule has 1 aromatic heterocycles. The first-order chi connectivity index (χ1) is 9.19. The number of anilines is 1. The van der Waals surface area contributed by atoms with E-state index in [1.54, 1.807) is 14.2 Å². The minimum absolute atomic E-state index is 0.742. The predicted molar refractivity (Wildman–Crippen MR) is 74.9 cm³/mol. The average Bonchev–Trinajstić information content (AvgIpc) is 2.46. The fraction of sp³-hybridized carbons (Fsp3) is 0.286. The van der Waals surface area contributed by atoms with Crippen LogP contribution in [0.1, 0.15) is 5.56 Å². The molecule has 100 valence electrons. The molecule has 2 rings (SSSR count). The molecule has 0 saturated heterocycles. The number of nitrogens with one attached hydrogen (secondary N) is 1. The first kappa shape index (κ1) is 13.1. The largest absolute Gasteiger partial charge is 0.497 e. The van der Waals surface area contributed by atoms with Gasteiger partial charge in [0.1, 0.15) is 11.5 Å². The minimum atomic E-state index is 0.742. The van der Waals surface area contributed by atoms with E-state index < -0.39 is 0 Å². The first-order valence-electron chi connectivity index (χ1n) is 5.94. The summed E-state index contributed by atoms with van der Waals surface area (Å²) in [5.74, 6) is 2.27. The summed E-state index contributed by atoms with van der Waals surface area (Å²) in [5.41, 5.74) is 2.64. The molecule has 5 heteroatoms. The third kappa shape index (κ3) is 2.59. The number of hydrogen-bond donors (Lipinski definition) is 1. The van der Waals surface area contributed by atoms with Crippen molar-refractivity contribution in [3.05, 3.63) is 29.8 Å². The van der Waals surface area contributed by atoms with Crippen molar-refractivity contribution in [2.45, 2.75) is 6.92 Å². The molecule has 0 aliphatic rings. The maximum absolute atomic E-state index is 5.36. The zero-order valence-corrected chi connectivity index (χ0v) is 11.5. The van der Waals surface area contributed by atoms with Gasteiger partial charge in [-0.15, -0.1) is 10.2 Å². The molecule has 5 nitrogen and oxygen atoms in total. The van der Waals surface area contributed by atoms with Gasteiger partial charge in [-0.3, -0.25) is 0 Å². The van der Waals surface area contributed by atoms with Gasteiger partial charge < -0.3 is 14.8 Å². The zero-order valence-electron chi connectivity index (χ0n) is 11.5. The van der Waals surface area contributed by atoms with Gasteiger partial charge in [0, 0.05) is 12.6 Å². The van der Waals surface area contributed by atoms with E-state index in [0.29, 0.717) is 0 Å². The molecule has 0 atom stereocenters. The Hall–Kier alpha value is -2.30. The van der Waals surface area contributed by atoms with E-state index in [2.05, 4.69) is 15.5 Å². The lowest BCUT2D eigenvalue weighted by molar-refractivity contribution is 0.404. The number of methoxy groups -OCH3 is 2. The quantitative estimate of drug-likeness (QED) is 0.914. The van der Waals surface area contributed by atoms with Gasteiger partial charge in [0.2, 0.25) is 0 Å². The number of aromatic nitrogens is 2. The third-order valence-electron chi connectivity index (χ3n) is 2.90. The van der Waals surface area contributed by atoms with Crippen molar-refractivity contribution in [2.75, 3.05) is 26.6 Å². The molecule has 1 N–H and O–H groups in total. The van der Waals surface area contributed by atoms with Gasteiger partial charge >= 0.3 is 0 Å². The molecule has 0 aliphatic heterocycles. The van der Waals surface area contributed by atoms with Gasteiger partial charge in [0.15, 0.2) is 5.82 Å². The Bertz CT molecular complexity index is 585. The number of nitrogens with zero attached hydrogens (tertiary/aromatic N) is 2. The van der Waals surface area contributed by atoms with Crippen LogP contribution in [-0.2, 0) is 0 Å². The molecule has 19 heavy (non-hydrogen) atoms. The fourth-order valence-corrected chi connectivity index (χ4v) is 1.88. The molecular formula is C14H17N3O2. The second-order valence-corrected chi connectivity index (χ2v) is 4.08. The lowest BCUT2D eigenvalue weighted by Crippen LogP contribution is -2.00. The van der Waals surface area contributed by atoms with Crippen molar-refractivity contribution >= 4 is 5.82 Å². The molecule has 1 aromatic carbocycles. The number of benzene rings is 1. The number of rotatable bonds is 4. The highest BCUT2D eigenvalue weighted by molar-refractivity contribution is 5.70. The van der Waals surface area contributed by atoms with Crippen LogP contribution in [0, 0.1) is 6.92 Å². The van der Waals surface area contributed by atoms with E-state index >= 15 is 0 Å². The number of ether oxygens (including phenoxy) is 2. The predicted octanol–water partition coefficient (Wildman–Crippen LogP) is 2.51. The van der Waals surface area contributed by atoms with E-state index in [-0.39, 0.29) is 0 Å². The standard InChI is InChI=1S/C14H17N3O2/c1-9-7-12(16-17-14(9)15-2)11-8-10(18-3)5-6-13(11)19-4/h5-8H,1-4H3,(H,15,17). The SMILES string of the molecule is CNc1nnc(-c2cc(OC)ccc2OC)cc1C. The van der Waals surface area contributed by atoms with Crippen molar-refractivity contribution < 1.29 is 9.47 Å². The van der Waals surface area contributed by atoms with E-state index in [9.17, 15) is 0 Å². The Morgan fingerprint density at radius 3 is 2.42 bits per heavy atom. The van der Waals surface area contributed by atoms with Crippen LogP contribution in [-0.4, -0.2) is 31.5 Å². The maximum Gasteiger partial charge on any atom is 0.151 e. The van der Waals surface area contributed by atoms with Crippen molar-refractivity contribution in [1.82, 2.24) is 10.2 Å². The average molecular weight is 259 g/mol. The van der Waals surface area contributed by atoms with Crippen LogP contribution in [0.3, 0.4) is 0 Å². The summed E-state index contributed by atoms with van der Waals surface area (Å²) in [6.45, 7) is 1.98. The molecule has 0 fully saturated rings. The maximum atomic E-state index is 5.36. The summed E-state index contributed by atoms with van der Waals surface area (Å²) in [5, 5.41) is 11.4. The fourth-order valence-electron chi connectivity index (χ4n) is 1.88. The summed E-state index contributed by atoms with van der Waals surface area (Å²) in [7, 11) is 5.09. The van der Waals surface area contributed by atoms with Crippen LogP contribution in [0.15, 0.2) is 24.3 Å². The van der Waals surface area contributed by atoms with Gasteiger partial charge in [0.05, 0.1) is 19.9 Å². The lowest BCUT2D eigenvalue weighted by atomic mass is 10.1. The normalized spacial score (nSPS) is 10.1. The van der Waals surface area contributed by atoms with E-state index in [1.807, 2.05) is 38.2 Å². The molecule has 1 heterocycles. The van der Waals surface area contributed by atoms with Crippen molar-refractivity contribution in [3.63, 3.8) is 0 Å². The molecule has 0 radical (unpaired) electrons. The number of aryl methyl sites for hydroxylation is 1. The zero-order chi connectivity index (χ0) is 13.8. The summed E-state index contributed by atoms with van der Waals surface area (Å²) >= 11 is 0. The molecule has 0 unspecified atom stereocenters. The molecular weight excluding hydrogens is 242 g/mol. The van der Waals surface area contributed by atoms with E-state index in [0.717, 1.165) is 34.1 Å². The highest BCUT2D eigenvalue weighted by Gasteiger charge is 2.11. The summed E-state index contributed by atoms with van der Waals surface area (Å²) in [4.78, 5) is 0. The van der Waals surface area contributed by atoms with Gasteiger partial charge in [-0.25, -0.2) is 0 Å². The summed E-state index contributed by atoms with van der Waals surface area (Å²) in [6, 6.07) is 7.57. The van der Waals surface area contributed by atoms with Crippen molar-refractivity contribution in [2.24, 2.45) is 0 Å². The molecule has 0 saturated carbocycles. The van der Waals surface area contributed by atoms with Gasteiger partial charge in [0.25, 0.3) is 0 Å². The van der Waals surface area contributed by atoms with Crippen LogP contribution < -0.4 is 14.8 Å². The minimum Gasteiger partial charge on any atom is -0.497 e. The summed E-state index contributed by atoms with van der Waals surface area (Å²) in [6.07, 6.45) is 0. The summed E-state index contributed by atoms with van der Waals surface area (Å²) < 4.78 is 10.6. The van der Waals surface area contributed by atoms with Crippen LogP contribution in [0.5, 0.6) is 11.5 Å². The second-order valence-electron chi connectivity index (χ2n) is 4.08.